The third-order valence-corrected chi connectivity index (χ3v) is 8.76. The van der Waals surface area contributed by atoms with Crippen LogP contribution >= 0.6 is 11.6 Å². The molecule has 0 bridgehead atoms. The van der Waals surface area contributed by atoms with E-state index >= 15 is 0 Å². The molecule has 8 nitrogen and oxygen atoms in total. The molecule has 210 valence electrons. The molecule has 0 aliphatic carbocycles. The molecule has 2 N–H and O–H groups in total. The van der Waals surface area contributed by atoms with Gasteiger partial charge in [0.15, 0.2) is 0 Å². The molecule has 39 heavy (non-hydrogen) atoms. The first kappa shape index (κ1) is 30.3. The summed E-state index contributed by atoms with van der Waals surface area (Å²) in [6, 6.07) is 11.3. The van der Waals surface area contributed by atoms with Crippen molar-refractivity contribution in [3.8, 4) is 0 Å². The summed E-state index contributed by atoms with van der Waals surface area (Å²) in [5.41, 5.74) is 0.737. The van der Waals surface area contributed by atoms with Gasteiger partial charge < -0.3 is 5.32 Å². The van der Waals surface area contributed by atoms with Gasteiger partial charge in [-0.1, -0.05) is 17.7 Å². The van der Waals surface area contributed by atoms with Crippen molar-refractivity contribution in [2.75, 3.05) is 20.6 Å². The molecule has 3 rings (SSSR count). The smallest absolute Gasteiger partial charge is 0.324 e. The summed E-state index contributed by atoms with van der Waals surface area (Å²) in [6.07, 6.45) is -3.79. The van der Waals surface area contributed by atoms with E-state index in [4.69, 9.17) is 11.6 Å². The zero-order chi connectivity index (χ0) is 29.3. The second kappa shape index (κ2) is 11.1. The predicted octanol–water partition coefficient (Wildman–Crippen LogP) is 5.57. The summed E-state index contributed by atoms with van der Waals surface area (Å²) < 4.78 is 92.8. The van der Waals surface area contributed by atoms with Crippen LogP contribution in [0.2, 0.25) is 5.02 Å². The van der Waals surface area contributed by atoms with Crippen molar-refractivity contribution in [2.24, 2.45) is 0 Å². The Kier molecular flexibility index (Phi) is 8.58. The van der Waals surface area contributed by atoms with E-state index in [0.29, 0.717) is 11.8 Å². The molecule has 0 aromatic heterocycles. The summed E-state index contributed by atoms with van der Waals surface area (Å²) in [6.45, 7) is 5.10. The van der Waals surface area contributed by atoms with Crippen LogP contribution < -0.4 is 14.3 Å². The monoisotopic (exact) mass is 603 g/mol. The molecule has 0 saturated carbocycles. The number of carbonyl (C=O) groups excluding carboxylic acids is 1. The van der Waals surface area contributed by atoms with E-state index in [9.17, 15) is 34.8 Å². The van der Waals surface area contributed by atoms with E-state index in [1.807, 2.05) is 13.8 Å². The molecule has 3 aromatic carbocycles. The number of hydrogen-bond acceptors (Lipinski definition) is 5. The molecule has 1 amide bonds. The van der Waals surface area contributed by atoms with E-state index in [-0.39, 0.29) is 16.3 Å². The minimum atomic E-state index is -4.78. The fourth-order valence-corrected chi connectivity index (χ4v) is 6.10. The summed E-state index contributed by atoms with van der Waals surface area (Å²) in [4.78, 5) is 12.7. The lowest BCUT2D eigenvalue weighted by Gasteiger charge is -2.28. The maximum Gasteiger partial charge on any atom is 0.417 e. The number of rotatable bonds is 8. The van der Waals surface area contributed by atoms with Crippen LogP contribution in [0.1, 0.15) is 23.6 Å². The zero-order valence-electron chi connectivity index (χ0n) is 21.2. The van der Waals surface area contributed by atoms with Crippen molar-refractivity contribution in [1.82, 2.24) is 0 Å². The van der Waals surface area contributed by atoms with Crippen LogP contribution in [0.3, 0.4) is 0 Å². The molecular weight excluding hydrogens is 579 g/mol. The van der Waals surface area contributed by atoms with Gasteiger partial charge in [-0.15, -0.1) is 0 Å². The lowest BCUT2D eigenvalue weighted by molar-refractivity contribution is -0.137. The highest BCUT2D eigenvalue weighted by Gasteiger charge is 2.34. The Hall–Kier alpha value is -3.29. The summed E-state index contributed by atoms with van der Waals surface area (Å²) in [7, 11) is -8.14. The Balaban J connectivity index is 1.79. The average Bonchev–Trinajstić information content (AvgIpc) is 2.81. The first-order valence-corrected chi connectivity index (χ1v) is 15.0. The Bertz CT molecular complexity index is 1610. The van der Waals surface area contributed by atoms with E-state index in [1.165, 1.54) is 19.1 Å². The lowest BCUT2D eigenvalue weighted by Crippen LogP contribution is -2.45. The first-order chi connectivity index (χ1) is 17.9. The number of alkyl halides is 3. The number of aryl methyl sites for hydroxylation is 2. The number of benzene rings is 3. The quantitative estimate of drug-likeness (QED) is 0.350. The van der Waals surface area contributed by atoms with Gasteiger partial charge in [-0.25, -0.2) is 16.8 Å². The molecule has 0 saturated heterocycles. The van der Waals surface area contributed by atoms with Gasteiger partial charge in [0.2, 0.25) is 15.9 Å². The van der Waals surface area contributed by atoms with Gasteiger partial charge in [-0.2, -0.15) is 13.2 Å². The lowest BCUT2D eigenvalue weighted by atomic mass is 10.1. The van der Waals surface area contributed by atoms with Crippen LogP contribution in [0.25, 0.3) is 0 Å². The molecule has 0 aliphatic rings. The third-order valence-electron chi connectivity index (χ3n) is 5.79. The maximum atomic E-state index is 13.1. The van der Waals surface area contributed by atoms with Gasteiger partial charge in [-0.05, 0) is 86.5 Å². The Labute approximate surface area is 229 Å². The highest BCUT2D eigenvalue weighted by Crippen LogP contribution is 2.36. The van der Waals surface area contributed by atoms with Crippen LogP contribution in [0.15, 0.2) is 65.6 Å². The maximum absolute atomic E-state index is 13.1. The Morgan fingerprint density at radius 1 is 0.897 bits per heavy atom. The number of sulfonamides is 2. The van der Waals surface area contributed by atoms with Crippen molar-refractivity contribution >= 4 is 54.6 Å². The molecule has 0 spiro atoms. The number of hydrogen-bond donors (Lipinski definition) is 2. The molecule has 14 heteroatoms. The highest BCUT2D eigenvalue weighted by atomic mass is 35.5. The topological polar surface area (TPSA) is 113 Å². The number of halogens is 4. The summed E-state index contributed by atoms with van der Waals surface area (Å²) in [5.74, 6) is -0.673. The van der Waals surface area contributed by atoms with E-state index in [1.54, 1.807) is 18.2 Å². The van der Waals surface area contributed by atoms with Crippen LogP contribution in [0.4, 0.5) is 30.2 Å². The largest absolute Gasteiger partial charge is 0.417 e. The Morgan fingerprint density at radius 2 is 1.49 bits per heavy atom. The molecule has 0 aliphatic heterocycles. The average molecular weight is 604 g/mol. The summed E-state index contributed by atoms with van der Waals surface area (Å²) in [5, 5.41) is 1.97. The number of nitrogens with one attached hydrogen (secondary N) is 2. The molecule has 3 aromatic rings. The Morgan fingerprint density at radius 3 is 2.03 bits per heavy atom. The number of carbonyl (C=O) groups is 1. The number of amides is 1. The van der Waals surface area contributed by atoms with Crippen molar-refractivity contribution < 1.29 is 34.8 Å². The molecule has 1 unspecified atom stereocenters. The van der Waals surface area contributed by atoms with Crippen molar-refractivity contribution in [3.05, 3.63) is 82.4 Å². The van der Waals surface area contributed by atoms with E-state index in [0.717, 1.165) is 46.0 Å². The molecule has 0 fully saturated rings. The van der Waals surface area contributed by atoms with Crippen molar-refractivity contribution in [3.63, 3.8) is 0 Å². The predicted molar refractivity (Wildman–Crippen MR) is 145 cm³/mol. The molecule has 0 heterocycles. The summed E-state index contributed by atoms with van der Waals surface area (Å²) >= 11 is 5.57. The van der Waals surface area contributed by atoms with Crippen LogP contribution in [0, 0.1) is 13.8 Å². The third kappa shape index (κ3) is 7.22. The standard InChI is InChI=1S/C25H25ClF3N3O5S2/c1-15-5-9-20(13-16(15)2)32(38(4,34)35)17(3)24(33)30-18-6-10-21(11-7-18)39(36,37)31-19-8-12-23(26)22(14-19)25(27,28)29/h5-14,17,31H,1-4H3,(H,30,33). The van der Waals surface area contributed by atoms with E-state index < -0.39 is 48.8 Å². The first-order valence-electron chi connectivity index (χ1n) is 11.3. The minimum Gasteiger partial charge on any atom is -0.324 e. The van der Waals surface area contributed by atoms with Gasteiger partial charge in [0, 0.05) is 11.4 Å². The van der Waals surface area contributed by atoms with Crippen LogP contribution in [-0.2, 0) is 31.0 Å². The second-order valence-corrected chi connectivity index (χ2v) is 12.8. The fourth-order valence-electron chi connectivity index (χ4n) is 3.66. The molecular formula is C25H25ClF3N3O5S2. The van der Waals surface area contributed by atoms with Crippen LogP contribution in [0.5, 0.6) is 0 Å². The number of nitrogens with zero attached hydrogens (tertiary/aromatic N) is 1. The van der Waals surface area contributed by atoms with Gasteiger partial charge in [0.05, 0.1) is 27.4 Å². The van der Waals surface area contributed by atoms with Crippen molar-refractivity contribution in [2.45, 2.75) is 37.9 Å². The number of anilines is 3. The normalized spacial score (nSPS) is 13.0. The van der Waals surface area contributed by atoms with Gasteiger partial charge >= 0.3 is 6.18 Å². The van der Waals surface area contributed by atoms with Crippen LogP contribution in [-0.4, -0.2) is 35.0 Å². The fraction of sp³-hybridized carbons (Fsp3) is 0.240. The van der Waals surface area contributed by atoms with Gasteiger partial charge in [0.1, 0.15) is 6.04 Å². The molecule has 1 atom stereocenters. The highest BCUT2D eigenvalue weighted by molar-refractivity contribution is 7.92. The van der Waals surface area contributed by atoms with Gasteiger partial charge in [-0.3, -0.25) is 13.8 Å². The minimum absolute atomic E-state index is 0.171. The second-order valence-electron chi connectivity index (χ2n) is 8.81. The van der Waals surface area contributed by atoms with E-state index in [2.05, 4.69) is 10.0 Å². The zero-order valence-corrected chi connectivity index (χ0v) is 23.6. The van der Waals surface area contributed by atoms with Crippen molar-refractivity contribution in [1.29, 1.82) is 0 Å². The SMILES string of the molecule is Cc1ccc(N(C(C)C(=O)Nc2ccc(S(=O)(=O)Nc3ccc(Cl)c(C(F)(F)F)c3)cc2)S(C)(=O)=O)cc1C. The van der Waals surface area contributed by atoms with Gasteiger partial charge in [0.25, 0.3) is 10.0 Å². The molecule has 0 radical (unpaired) electrons.